The van der Waals surface area contributed by atoms with Crippen LogP contribution in [0.2, 0.25) is 0 Å². The number of nitrogens with zero attached hydrogens (tertiary/aromatic N) is 2. The number of rotatable bonds is 7. The molecular weight excluding hydrogens is 266 g/mol. The molecule has 0 atom stereocenters. The first-order valence-electron chi connectivity index (χ1n) is 8.33. The van der Waals surface area contributed by atoms with Crippen molar-refractivity contribution in [3.05, 3.63) is 0 Å². The molecule has 21 heavy (non-hydrogen) atoms. The van der Waals surface area contributed by atoms with Gasteiger partial charge < -0.3 is 15.0 Å². The van der Waals surface area contributed by atoms with Gasteiger partial charge in [0.2, 0.25) is 0 Å². The van der Waals surface area contributed by atoms with Crippen LogP contribution in [0.3, 0.4) is 0 Å². The number of ether oxygens (including phenoxy) is 1. The molecule has 124 valence electrons. The first-order chi connectivity index (χ1) is 9.92. The monoisotopic (exact) mass is 299 g/mol. The minimum atomic E-state index is -0.406. The molecule has 0 saturated carbocycles. The van der Waals surface area contributed by atoms with Gasteiger partial charge in [-0.05, 0) is 33.7 Å². The van der Waals surface area contributed by atoms with Crippen LogP contribution in [-0.4, -0.2) is 67.3 Å². The van der Waals surface area contributed by atoms with Crippen LogP contribution in [0.25, 0.3) is 0 Å². The quantitative estimate of drug-likeness (QED) is 0.733. The molecule has 0 aromatic rings. The van der Waals surface area contributed by atoms with E-state index >= 15 is 0 Å². The highest BCUT2D eigenvalue weighted by Crippen LogP contribution is 2.11. The molecule has 0 aromatic heterocycles. The third-order valence-electron chi connectivity index (χ3n) is 3.59. The Morgan fingerprint density at radius 1 is 1.10 bits per heavy atom. The molecule has 1 aliphatic rings. The van der Waals surface area contributed by atoms with Crippen LogP contribution >= 0.6 is 0 Å². The maximum atomic E-state index is 12.0. The van der Waals surface area contributed by atoms with Gasteiger partial charge >= 0.3 is 6.09 Å². The summed E-state index contributed by atoms with van der Waals surface area (Å²) in [4.78, 5) is 16.2. The average molecular weight is 299 g/mol. The summed E-state index contributed by atoms with van der Waals surface area (Å²) in [5.41, 5.74) is -0.406. The fourth-order valence-electron chi connectivity index (χ4n) is 2.34. The SMILES string of the molecule is CCCCCNCCN1CCN(C(=O)OC(C)(C)C)CC1. The maximum absolute atomic E-state index is 12.0. The number of amides is 1. The Morgan fingerprint density at radius 3 is 2.33 bits per heavy atom. The molecule has 0 spiro atoms. The van der Waals surface area contributed by atoms with Crippen LogP contribution < -0.4 is 5.32 Å². The topological polar surface area (TPSA) is 44.8 Å². The molecule has 1 saturated heterocycles. The van der Waals surface area contributed by atoms with Crippen molar-refractivity contribution in [3.63, 3.8) is 0 Å². The molecule has 1 aliphatic heterocycles. The first kappa shape index (κ1) is 18.2. The lowest BCUT2D eigenvalue weighted by Crippen LogP contribution is -2.51. The van der Waals surface area contributed by atoms with Crippen molar-refractivity contribution in [2.45, 2.75) is 52.6 Å². The Bertz CT molecular complexity index is 294. The zero-order chi connectivity index (χ0) is 15.7. The van der Waals surface area contributed by atoms with Gasteiger partial charge in [-0.1, -0.05) is 19.8 Å². The Kier molecular flexibility index (Phi) is 8.04. The van der Waals surface area contributed by atoms with Crippen LogP contribution in [-0.2, 0) is 4.74 Å². The number of piperazine rings is 1. The minimum Gasteiger partial charge on any atom is -0.444 e. The second-order valence-corrected chi connectivity index (χ2v) is 6.77. The van der Waals surface area contributed by atoms with Crippen molar-refractivity contribution in [3.8, 4) is 0 Å². The fraction of sp³-hybridized carbons (Fsp3) is 0.938. The molecule has 1 fully saturated rings. The Morgan fingerprint density at radius 2 is 1.76 bits per heavy atom. The summed E-state index contributed by atoms with van der Waals surface area (Å²) < 4.78 is 5.40. The molecule has 0 bridgehead atoms. The third kappa shape index (κ3) is 8.27. The number of nitrogens with one attached hydrogen (secondary N) is 1. The van der Waals surface area contributed by atoms with Crippen molar-refractivity contribution >= 4 is 6.09 Å². The van der Waals surface area contributed by atoms with Crippen LogP contribution in [0.15, 0.2) is 0 Å². The van der Waals surface area contributed by atoms with E-state index in [1.54, 1.807) is 0 Å². The molecule has 1 amide bonds. The van der Waals surface area contributed by atoms with Crippen molar-refractivity contribution in [1.29, 1.82) is 0 Å². The van der Waals surface area contributed by atoms with Crippen molar-refractivity contribution in [2.24, 2.45) is 0 Å². The summed E-state index contributed by atoms with van der Waals surface area (Å²) in [5.74, 6) is 0. The van der Waals surface area contributed by atoms with E-state index in [-0.39, 0.29) is 6.09 Å². The predicted molar refractivity (Wildman–Crippen MR) is 86.6 cm³/mol. The fourth-order valence-corrected chi connectivity index (χ4v) is 2.34. The van der Waals surface area contributed by atoms with Gasteiger partial charge in [0, 0.05) is 39.3 Å². The summed E-state index contributed by atoms with van der Waals surface area (Å²) in [6.45, 7) is 14.6. The molecule has 1 rings (SSSR count). The molecule has 0 aromatic carbocycles. The zero-order valence-corrected chi connectivity index (χ0v) is 14.3. The summed E-state index contributed by atoms with van der Waals surface area (Å²) in [5, 5.41) is 3.49. The average Bonchev–Trinajstić information content (AvgIpc) is 2.41. The number of carbonyl (C=O) groups excluding carboxylic acids is 1. The van der Waals surface area contributed by atoms with Gasteiger partial charge in [-0.2, -0.15) is 0 Å². The lowest BCUT2D eigenvalue weighted by atomic mass is 10.2. The summed E-state index contributed by atoms with van der Waals surface area (Å²) >= 11 is 0. The van der Waals surface area contributed by atoms with Gasteiger partial charge in [0.1, 0.15) is 5.60 Å². The lowest BCUT2D eigenvalue weighted by molar-refractivity contribution is 0.0146. The predicted octanol–water partition coefficient (Wildman–Crippen LogP) is 2.32. The van der Waals surface area contributed by atoms with Crippen LogP contribution in [0, 0.1) is 0 Å². The maximum Gasteiger partial charge on any atom is 0.410 e. The largest absolute Gasteiger partial charge is 0.444 e. The molecule has 1 N–H and O–H groups in total. The van der Waals surface area contributed by atoms with Gasteiger partial charge in [0.25, 0.3) is 0 Å². The number of carbonyl (C=O) groups is 1. The van der Waals surface area contributed by atoms with E-state index in [1.165, 1.54) is 19.3 Å². The Labute approximate surface area is 130 Å². The molecule has 0 unspecified atom stereocenters. The summed E-state index contributed by atoms with van der Waals surface area (Å²) in [6.07, 6.45) is 3.67. The van der Waals surface area contributed by atoms with Crippen LogP contribution in [0.4, 0.5) is 4.79 Å². The van der Waals surface area contributed by atoms with Crippen LogP contribution in [0.5, 0.6) is 0 Å². The Balaban J connectivity index is 2.10. The van der Waals surface area contributed by atoms with Crippen molar-refractivity contribution in [2.75, 3.05) is 45.8 Å². The van der Waals surface area contributed by atoms with Gasteiger partial charge in [-0.15, -0.1) is 0 Å². The normalized spacial score (nSPS) is 17.0. The van der Waals surface area contributed by atoms with E-state index in [1.807, 2.05) is 25.7 Å². The number of hydrogen-bond donors (Lipinski definition) is 1. The molecular formula is C16H33N3O2. The highest BCUT2D eigenvalue weighted by Gasteiger charge is 2.25. The molecule has 0 aliphatic carbocycles. The highest BCUT2D eigenvalue weighted by molar-refractivity contribution is 5.68. The smallest absolute Gasteiger partial charge is 0.410 e. The van der Waals surface area contributed by atoms with E-state index < -0.39 is 5.60 Å². The van der Waals surface area contributed by atoms with E-state index in [9.17, 15) is 4.79 Å². The van der Waals surface area contributed by atoms with Gasteiger partial charge in [-0.3, -0.25) is 4.90 Å². The molecule has 5 nitrogen and oxygen atoms in total. The first-order valence-corrected chi connectivity index (χ1v) is 8.33. The minimum absolute atomic E-state index is 0.181. The van der Waals surface area contributed by atoms with Gasteiger partial charge in [-0.25, -0.2) is 4.79 Å². The number of hydrogen-bond acceptors (Lipinski definition) is 4. The zero-order valence-electron chi connectivity index (χ0n) is 14.3. The van der Waals surface area contributed by atoms with Gasteiger partial charge in [0.15, 0.2) is 0 Å². The number of unbranched alkanes of at least 4 members (excludes halogenated alkanes) is 2. The third-order valence-corrected chi connectivity index (χ3v) is 3.59. The Hall–Kier alpha value is -0.810. The second-order valence-electron chi connectivity index (χ2n) is 6.77. The van der Waals surface area contributed by atoms with Gasteiger partial charge in [0.05, 0.1) is 0 Å². The van der Waals surface area contributed by atoms with E-state index in [4.69, 9.17) is 4.74 Å². The highest BCUT2D eigenvalue weighted by atomic mass is 16.6. The van der Waals surface area contributed by atoms with E-state index in [0.29, 0.717) is 0 Å². The summed E-state index contributed by atoms with van der Waals surface area (Å²) in [7, 11) is 0. The van der Waals surface area contributed by atoms with Crippen molar-refractivity contribution < 1.29 is 9.53 Å². The standard InChI is InChI=1S/C16H33N3O2/c1-5-6-7-8-17-9-10-18-11-13-19(14-12-18)15(20)21-16(2,3)4/h17H,5-14H2,1-4H3. The van der Waals surface area contributed by atoms with E-state index in [2.05, 4.69) is 17.1 Å². The molecule has 0 radical (unpaired) electrons. The van der Waals surface area contributed by atoms with Crippen LogP contribution in [0.1, 0.15) is 47.0 Å². The molecule has 1 heterocycles. The van der Waals surface area contributed by atoms with Crippen molar-refractivity contribution in [1.82, 2.24) is 15.1 Å². The second kappa shape index (κ2) is 9.26. The summed E-state index contributed by atoms with van der Waals surface area (Å²) in [6, 6.07) is 0. The lowest BCUT2D eigenvalue weighted by Gasteiger charge is -2.35. The van der Waals surface area contributed by atoms with E-state index in [0.717, 1.165) is 45.8 Å². The molecule has 5 heteroatoms.